The van der Waals surface area contributed by atoms with E-state index >= 15 is 0 Å². The van der Waals surface area contributed by atoms with Gasteiger partial charge in [-0.15, -0.1) is 0 Å². The van der Waals surface area contributed by atoms with Gasteiger partial charge in [0, 0.05) is 12.8 Å². The Hall–Kier alpha value is -1.66. The highest BCUT2D eigenvalue weighted by Gasteiger charge is 2.18. The minimum atomic E-state index is -0.875. The van der Waals surface area contributed by atoms with Gasteiger partial charge in [-0.3, -0.25) is 9.59 Å². The van der Waals surface area contributed by atoms with Gasteiger partial charge in [0.2, 0.25) is 5.91 Å². The van der Waals surface area contributed by atoms with Crippen LogP contribution in [0.25, 0.3) is 0 Å². The number of unbranched alkanes of at least 4 members (excludes halogenated alkanes) is 39. The van der Waals surface area contributed by atoms with Crippen molar-refractivity contribution in [3.05, 3.63) is 24.3 Å². The molecule has 6 heteroatoms. The summed E-state index contributed by atoms with van der Waals surface area (Å²) in [5.41, 5.74) is 0. The van der Waals surface area contributed by atoms with Crippen molar-refractivity contribution in [1.82, 2.24) is 5.32 Å². The minimum Gasteiger partial charge on any atom is -0.466 e. The summed E-state index contributed by atoms with van der Waals surface area (Å²) in [4.78, 5) is 24.5. The van der Waals surface area contributed by atoms with Crippen LogP contribution < -0.4 is 5.32 Å². The number of esters is 1. The summed E-state index contributed by atoms with van der Waals surface area (Å²) in [5, 5.41) is 23.1. The quantitative estimate of drug-likeness (QED) is 0.0321. The third-order valence-corrected chi connectivity index (χ3v) is 13.0. The first-order valence-electron chi connectivity index (χ1n) is 28.1. The second kappa shape index (κ2) is 53.0. The topological polar surface area (TPSA) is 95.9 Å². The van der Waals surface area contributed by atoms with Crippen LogP contribution in [0.2, 0.25) is 0 Å². The SMILES string of the molecule is CCCCCCCCCCCCCCCCCCC/C=C/C(O)C(CO)NC(=O)CCC/C=C\CCCCCCOC(=O)CCCCCCCCCCCCCCCCCCCC. The zero-order valence-electron chi connectivity index (χ0n) is 42.3. The average molecular weight is 889 g/mol. The van der Waals surface area contributed by atoms with Crippen LogP contribution in [0, 0.1) is 0 Å². The van der Waals surface area contributed by atoms with Gasteiger partial charge in [-0.2, -0.15) is 0 Å². The Balaban J connectivity index is 3.54. The highest BCUT2D eigenvalue weighted by Crippen LogP contribution is 2.17. The monoisotopic (exact) mass is 888 g/mol. The zero-order valence-corrected chi connectivity index (χ0v) is 42.3. The van der Waals surface area contributed by atoms with Gasteiger partial charge >= 0.3 is 5.97 Å². The molecule has 0 aliphatic rings. The standard InChI is InChI=1S/C57H109NO5/c1-3-5-7-9-11-13-15-17-19-21-23-24-26-28-30-33-37-41-45-49-55(60)54(53-59)58-56(61)50-46-42-38-34-32-36-40-44-48-52-63-57(62)51-47-43-39-35-31-29-27-25-22-20-18-16-14-12-10-8-6-4-2/h34,38,45,49,54-55,59-60H,3-33,35-37,39-44,46-48,50-53H2,1-2H3,(H,58,61)/b38-34-,49-45+. The van der Waals surface area contributed by atoms with E-state index in [-0.39, 0.29) is 18.5 Å². The zero-order chi connectivity index (χ0) is 45.8. The number of allylic oxidation sites excluding steroid dienone is 3. The number of aliphatic hydroxyl groups is 2. The lowest BCUT2D eigenvalue weighted by Crippen LogP contribution is -2.45. The van der Waals surface area contributed by atoms with E-state index in [1.54, 1.807) is 6.08 Å². The number of amides is 1. The number of rotatable bonds is 52. The molecule has 0 aliphatic heterocycles. The molecule has 0 heterocycles. The summed E-state index contributed by atoms with van der Waals surface area (Å²) >= 11 is 0. The number of hydrogen-bond acceptors (Lipinski definition) is 5. The molecule has 63 heavy (non-hydrogen) atoms. The Morgan fingerprint density at radius 1 is 0.429 bits per heavy atom. The first kappa shape index (κ1) is 61.3. The predicted octanol–water partition coefficient (Wildman–Crippen LogP) is 17.1. The normalized spacial score (nSPS) is 12.8. The molecular weight excluding hydrogens is 779 g/mol. The molecule has 0 spiro atoms. The molecule has 372 valence electrons. The molecule has 6 nitrogen and oxygen atoms in total. The number of carbonyl (C=O) groups excluding carboxylic acids is 2. The lowest BCUT2D eigenvalue weighted by Gasteiger charge is -2.19. The molecular formula is C57H109NO5. The average Bonchev–Trinajstić information content (AvgIpc) is 3.28. The second-order valence-electron chi connectivity index (χ2n) is 19.3. The van der Waals surface area contributed by atoms with Gasteiger partial charge in [0.05, 0.1) is 25.4 Å². The van der Waals surface area contributed by atoms with Gasteiger partial charge in [0.25, 0.3) is 0 Å². The van der Waals surface area contributed by atoms with E-state index in [0.717, 1.165) is 70.6 Å². The van der Waals surface area contributed by atoms with Crippen molar-refractivity contribution >= 4 is 11.9 Å². The first-order chi connectivity index (χ1) is 31.0. The molecule has 0 saturated carbocycles. The van der Waals surface area contributed by atoms with Gasteiger partial charge in [0.15, 0.2) is 0 Å². The number of nitrogens with one attached hydrogen (secondary N) is 1. The van der Waals surface area contributed by atoms with Gasteiger partial charge in [-0.05, 0) is 51.4 Å². The molecule has 0 aromatic heterocycles. The van der Waals surface area contributed by atoms with Crippen molar-refractivity contribution in [2.45, 2.75) is 315 Å². The van der Waals surface area contributed by atoms with E-state index in [2.05, 4.69) is 31.3 Å². The van der Waals surface area contributed by atoms with E-state index in [4.69, 9.17) is 4.74 Å². The first-order valence-corrected chi connectivity index (χ1v) is 28.1. The fraction of sp³-hybridized carbons (Fsp3) is 0.895. The molecule has 0 aromatic rings. The smallest absolute Gasteiger partial charge is 0.305 e. The van der Waals surface area contributed by atoms with Gasteiger partial charge in [0.1, 0.15) is 0 Å². The maximum atomic E-state index is 12.4. The summed E-state index contributed by atoms with van der Waals surface area (Å²) in [6, 6.07) is -0.665. The van der Waals surface area contributed by atoms with Crippen LogP contribution in [0.15, 0.2) is 24.3 Å². The van der Waals surface area contributed by atoms with Crippen LogP contribution >= 0.6 is 0 Å². The van der Waals surface area contributed by atoms with E-state index in [9.17, 15) is 19.8 Å². The largest absolute Gasteiger partial charge is 0.466 e. The maximum absolute atomic E-state index is 12.4. The Morgan fingerprint density at radius 3 is 1.16 bits per heavy atom. The van der Waals surface area contributed by atoms with Crippen molar-refractivity contribution < 1.29 is 24.5 Å². The lowest BCUT2D eigenvalue weighted by molar-refractivity contribution is -0.143. The highest BCUT2D eigenvalue weighted by atomic mass is 16.5. The van der Waals surface area contributed by atoms with E-state index in [1.165, 1.54) is 205 Å². The van der Waals surface area contributed by atoms with E-state index in [1.807, 2.05) is 6.08 Å². The highest BCUT2D eigenvalue weighted by molar-refractivity contribution is 5.76. The number of ether oxygens (including phenoxy) is 1. The Morgan fingerprint density at radius 2 is 0.762 bits per heavy atom. The van der Waals surface area contributed by atoms with Crippen LogP contribution in [0.5, 0.6) is 0 Å². The summed E-state index contributed by atoms with van der Waals surface area (Å²) in [6.07, 6.45) is 63.4. The summed E-state index contributed by atoms with van der Waals surface area (Å²) in [7, 11) is 0. The predicted molar refractivity (Wildman–Crippen MR) is 273 cm³/mol. The summed E-state index contributed by atoms with van der Waals surface area (Å²) < 4.78 is 5.46. The Kier molecular flexibility index (Phi) is 51.6. The molecule has 0 bridgehead atoms. The van der Waals surface area contributed by atoms with Crippen molar-refractivity contribution in [3.63, 3.8) is 0 Å². The van der Waals surface area contributed by atoms with Gasteiger partial charge in [-0.25, -0.2) is 0 Å². The van der Waals surface area contributed by atoms with Crippen LogP contribution in [0.3, 0.4) is 0 Å². The Bertz CT molecular complexity index is 982. The molecule has 1 amide bonds. The number of hydrogen-bond donors (Lipinski definition) is 3. The molecule has 2 unspecified atom stereocenters. The molecule has 0 aliphatic carbocycles. The van der Waals surface area contributed by atoms with Crippen molar-refractivity contribution in [2.75, 3.05) is 13.2 Å². The molecule has 0 saturated heterocycles. The van der Waals surface area contributed by atoms with Crippen molar-refractivity contribution in [2.24, 2.45) is 0 Å². The lowest BCUT2D eigenvalue weighted by atomic mass is 10.0. The van der Waals surface area contributed by atoms with E-state index in [0.29, 0.717) is 19.4 Å². The third kappa shape index (κ3) is 49.6. The molecule has 0 rings (SSSR count). The van der Waals surface area contributed by atoms with Crippen LogP contribution in [0.1, 0.15) is 303 Å². The van der Waals surface area contributed by atoms with Crippen LogP contribution in [0.4, 0.5) is 0 Å². The van der Waals surface area contributed by atoms with Gasteiger partial charge < -0.3 is 20.3 Å². The molecule has 0 fully saturated rings. The van der Waals surface area contributed by atoms with E-state index < -0.39 is 12.1 Å². The third-order valence-electron chi connectivity index (χ3n) is 13.0. The van der Waals surface area contributed by atoms with Gasteiger partial charge in [-0.1, -0.05) is 263 Å². The van der Waals surface area contributed by atoms with Crippen LogP contribution in [-0.2, 0) is 14.3 Å². The number of carbonyl (C=O) groups is 2. The maximum Gasteiger partial charge on any atom is 0.305 e. The molecule has 0 aromatic carbocycles. The molecule has 0 radical (unpaired) electrons. The second-order valence-corrected chi connectivity index (χ2v) is 19.3. The molecule has 3 N–H and O–H groups in total. The molecule has 2 atom stereocenters. The summed E-state index contributed by atoms with van der Waals surface area (Å²) in [6.45, 7) is 4.83. The number of aliphatic hydroxyl groups excluding tert-OH is 2. The fourth-order valence-electron chi connectivity index (χ4n) is 8.64. The Labute approximate surface area is 392 Å². The van der Waals surface area contributed by atoms with Crippen LogP contribution in [-0.4, -0.2) is 47.4 Å². The van der Waals surface area contributed by atoms with Crippen molar-refractivity contribution in [3.8, 4) is 0 Å². The summed E-state index contributed by atoms with van der Waals surface area (Å²) in [5.74, 6) is -0.159. The van der Waals surface area contributed by atoms with Crippen molar-refractivity contribution in [1.29, 1.82) is 0 Å². The fourth-order valence-corrected chi connectivity index (χ4v) is 8.64. The minimum absolute atomic E-state index is 0.0333.